The molecule has 0 bridgehead atoms. The molecule has 1 spiro atoms. The lowest BCUT2D eigenvalue weighted by Gasteiger charge is -2.41. The largest absolute Gasteiger partial charge is 0.485 e. The molecule has 0 radical (unpaired) electrons. The van der Waals surface area contributed by atoms with Gasteiger partial charge >= 0.3 is 0 Å². The minimum absolute atomic E-state index is 0.133. The van der Waals surface area contributed by atoms with Gasteiger partial charge < -0.3 is 15.0 Å². The van der Waals surface area contributed by atoms with Crippen LogP contribution in [0.5, 0.6) is 5.75 Å². The van der Waals surface area contributed by atoms with Crippen molar-refractivity contribution in [3.8, 4) is 5.75 Å². The predicted octanol–water partition coefficient (Wildman–Crippen LogP) is 4.64. The average Bonchev–Trinajstić information content (AvgIpc) is 3.11. The fourth-order valence-corrected chi connectivity index (χ4v) is 5.46. The van der Waals surface area contributed by atoms with E-state index >= 15 is 0 Å². The summed E-state index contributed by atoms with van der Waals surface area (Å²) in [6.45, 7) is 3.45. The Hall–Kier alpha value is -1.85. The summed E-state index contributed by atoms with van der Waals surface area (Å²) in [7, 11) is 2.03. The molecule has 2 aliphatic rings. The van der Waals surface area contributed by atoms with Crippen LogP contribution in [0.15, 0.2) is 35.7 Å². The first-order valence-electron chi connectivity index (χ1n) is 10.4. The Balaban J connectivity index is 1.62. The molecule has 1 aliphatic heterocycles. The number of ether oxygens (including phenoxy) is 1. The van der Waals surface area contributed by atoms with Crippen LogP contribution in [0.4, 0.5) is 0 Å². The van der Waals surface area contributed by atoms with Crippen molar-refractivity contribution < 1.29 is 9.53 Å². The Labute approximate surface area is 171 Å². The van der Waals surface area contributed by atoms with Gasteiger partial charge in [0.25, 0.3) is 5.91 Å². The summed E-state index contributed by atoms with van der Waals surface area (Å²) in [5.41, 5.74) is 1.65. The first-order valence-corrected chi connectivity index (χ1v) is 11.3. The molecule has 1 saturated carbocycles. The van der Waals surface area contributed by atoms with E-state index in [1.807, 2.05) is 29.5 Å². The molecule has 1 aromatic carbocycles. The third kappa shape index (κ3) is 3.96. The van der Waals surface area contributed by atoms with Crippen molar-refractivity contribution in [3.05, 3.63) is 51.7 Å². The minimum Gasteiger partial charge on any atom is -0.485 e. The van der Waals surface area contributed by atoms with E-state index in [4.69, 9.17) is 4.74 Å². The van der Waals surface area contributed by atoms with Crippen LogP contribution >= 0.6 is 11.3 Å². The Bertz CT molecular complexity index is 824. The monoisotopic (exact) mass is 398 g/mol. The van der Waals surface area contributed by atoms with Crippen LogP contribution in [0.2, 0.25) is 0 Å². The Morgan fingerprint density at radius 3 is 2.86 bits per heavy atom. The third-order valence-electron chi connectivity index (χ3n) is 6.13. The molecule has 1 aromatic heterocycles. The highest BCUT2D eigenvalue weighted by Gasteiger charge is 2.42. The van der Waals surface area contributed by atoms with Crippen LogP contribution in [0.25, 0.3) is 0 Å². The van der Waals surface area contributed by atoms with Gasteiger partial charge in [-0.3, -0.25) is 4.79 Å². The van der Waals surface area contributed by atoms with E-state index in [9.17, 15) is 4.79 Å². The van der Waals surface area contributed by atoms with Crippen LogP contribution in [0.3, 0.4) is 0 Å². The topological polar surface area (TPSA) is 41.6 Å². The molecule has 1 N–H and O–H groups in total. The molecule has 150 valence electrons. The SMILES string of the molecule is CCCc1cc(C(=O)N2Cc3ccccc3OC3(CCC(NC)CC3)C2)cs1. The fraction of sp³-hybridized carbons (Fsp3) is 0.522. The summed E-state index contributed by atoms with van der Waals surface area (Å²) >= 11 is 1.70. The lowest BCUT2D eigenvalue weighted by Crippen LogP contribution is -2.51. The lowest BCUT2D eigenvalue weighted by molar-refractivity contribution is 0.000447. The normalized spacial score (nSPS) is 24.5. The maximum atomic E-state index is 13.4. The van der Waals surface area contributed by atoms with Gasteiger partial charge in [-0.05, 0) is 51.3 Å². The molecule has 1 amide bonds. The number of para-hydroxylation sites is 1. The van der Waals surface area contributed by atoms with Crippen LogP contribution in [-0.4, -0.2) is 36.0 Å². The second-order valence-electron chi connectivity index (χ2n) is 8.17. The minimum atomic E-state index is -0.280. The Kier molecular flexibility index (Phi) is 5.74. The second kappa shape index (κ2) is 8.26. The average molecular weight is 399 g/mol. The van der Waals surface area contributed by atoms with Crippen LogP contribution in [0.1, 0.15) is 59.8 Å². The zero-order valence-corrected chi connectivity index (χ0v) is 17.7. The molecule has 28 heavy (non-hydrogen) atoms. The van der Waals surface area contributed by atoms with Gasteiger partial charge in [-0.1, -0.05) is 31.5 Å². The second-order valence-corrected chi connectivity index (χ2v) is 9.16. The van der Waals surface area contributed by atoms with E-state index in [-0.39, 0.29) is 11.5 Å². The van der Waals surface area contributed by atoms with Crippen molar-refractivity contribution in [2.24, 2.45) is 0 Å². The van der Waals surface area contributed by atoms with Crippen LogP contribution in [0, 0.1) is 0 Å². The van der Waals surface area contributed by atoms with Gasteiger partial charge in [0.2, 0.25) is 0 Å². The van der Waals surface area contributed by atoms with Crippen LogP contribution in [-0.2, 0) is 13.0 Å². The van der Waals surface area contributed by atoms with Gasteiger partial charge in [0.15, 0.2) is 0 Å². The third-order valence-corrected chi connectivity index (χ3v) is 7.13. The standard InChI is InChI=1S/C23H30N2O2S/c1-3-6-20-13-18(15-28-20)22(26)25-14-17-7-4-5-8-21(17)27-23(16-25)11-9-19(24-2)10-12-23/h4-5,7-8,13,15,19,24H,3,6,9-12,14,16H2,1-2H3. The van der Waals surface area contributed by atoms with Crippen LogP contribution < -0.4 is 10.1 Å². The number of carbonyl (C=O) groups is 1. The number of rotatable bonds is 4. The number of hydrogen-bond donors (Lipinski definition) is 1. The highest BCUT2D eigenvalue weighted by molar-refractivity contribution is 7.10. The number of amides is 1. The van der Waals surface area contributed by atoms with E-state index in [1.54, 1.807) is 11.3 Å². The van der Waals surface area contributed by atoms with E-state index in [2.05, 4.69) is 30.4 Å². The molecular formula is C23H30N2O2S. The van der Waals surface area contributed by atoms with Crippen molar-refractivity contribution >= 4 is 17.2 Å². The van der Waals surface area contributed by atoms with Gasteiger partial charge in [0.1, 0.15) is 11.4 Å². The molecular weight excluding hydrogens is 368 g/mol. The van der Waals surface area contributed by atoms with E-state index in [1.165, 1.54) is 4.88 Å². The molecule has 4 nitrogen and oxygen atoms in total. The molecule has 4 rings (SSSR count). The Morgan fingerprint density at radius 1 is 1.32 bits per heavy atom. The van der Waals surface area contributed by atoms with Crippen molar-refractivity contribution in [2.75, 3.05) is 13.6 Å². The molecule has 1 aliphatic carbocycles. The maximum absolute atomic E-state index is 13.4. The molecule has 0 unspecified atom stereocenters. The van der Waals surface area contributed by atoms with E-state index in [0.29, 0.717) is 19.1 Å². The van der Waals surface area contributed by atoms with Crippen molar-refractivity contribution in [2.45, 2.75) is 63.6 Å². The van der Waals surface area contributed by atoms with Crippen molar-refractivity contribution in [1.29, 1.82) is 0 Å². The summed E-state index contributed by atoms with van der Waals surface area (Å²) in [4.78, 5) is 16.7. The zero-order chi connectivity index (χ0) is 19.6. The van der Waals surface area contributed by atoms with Gasteiger partial charge in [0, 0.05) is 28.4 Å². The van der Waals surface area contributed by atoms with Crippen molar-refractivity contribution in [1.82, 2.24) is 10.2 Å². The number of fused-ring (bicyclic) bond motifs is 1. The summed E-state index contributed by atoms with van der Waals surface area (Å²) in [5, 5.41) is 5.42. The van der Waals surface area contributed by atoms with Gasteiger partial charge in [0.05, 0.1) is 12.1 Å². The van der Waals surface area contributed by atoms with E-state index in [0.717, 1.165) is 55.4 Å². The zero-order valence-electron chi connectivity index (χ0n) is 16.9. The van der Waals surface area contributed by atoms with Crippen molar-refractivity contribution in [3.63, 3.8) is 0 Å². The number of thiophene rings is 1. The maximum Gasteiger partial charge on any atom is 0.255 e. The van der Waals surface area contributed by atoms with Gasteiger partial charge in [-0.15, -0.1) is 11.3 Å². The van der Waals surface area contributed by atoms with Gasteiger partial charge in [-0.25, -0.2) is 0 Å². The molecule has 2 aromatic rings. The number of aryl methyl sites for hydroxylation is 1. The summed E-state index contributed by atoms with van der Waals surface area (Å²) < 4.78 is 6.62. The highest BCUT2D eigenvalue weighted by Crippen LogP contribution is 2.38. The smallest absolute Gasteiger partial charge is 0.255 e. The Morgan fingerprint density at radius 2 is 2.11 bits per heavy atom. The fourth-order valence-electron chi connectivity index (χ4n) is 4.50. The molecule has 1 fully saturated rings. The van der Waals surface area contributed by atoms with E-state index < -0.39 is 0 Å². The number of benzene rings is 1. The number of nitrogens with zero attached hydrogens (tertiary/aromatic N) is 1. The molecule has 0 saturated heterocycles. The first-order chi connectivity index (χ1) is 13.6. The first kappa shape index (κ1) is 19.5. The number of nitrogens with one attached hydrogen (secondary N) is 1. The van der Waals surface area contributed by atoms with Gasteiger partial charge in [-0.2, -0.15) is 0 Å². The highest BCUT2D eigenvalue weighted by atomic mass is 32.1. The quantitative estimate of drug-likeness (QED) is 0.816. The number of hydrogen-bond acceptors (Lipinski definition) is 4. The summed E-state index contributed by atoms with van der Waals surface area (Å²) in [5.74, 6) is 1.08. The molecule has 2 heterocycles. The predicted molar refractivity (Wildman–Crippen MR) is 114 cm³/mol. The molecule has 5 heteroatoms. The number of carbonyl (C=O) groups excluding carboxylic acids is 1. The summed E-state index contributed by atoms with van der Waals surface area (Å²) in [6.07, 6.45) is 6.26. The molecule has 0 atom stereocenters. The summed E-state index contributed by atoms with van der Waals surface area (Å²) in [6, 6.07) is 10.8. The lowest BCUT2D eigenvalue weighted by atomic mass is 9.81.